The monoisotopic (exact) mass is 211 g/mol. The van der Waals surface area contributed by atoms with Gasteiger partial charge in [-0.2, -0.15) is 11.3 Å². The Morgan fingerprint density at radius 1 is 1.57 bits per heavy atom. The zero-order valence-electron chi connectivity index (χ0n) is 7.27. The van der Waals surface area contributed by atoms with Gasteiger partial charge >= 0.3 is 5.97 Å². The molecule has 0 aliphatic heterocycles. The van der Waals surface area contributed by atoms with E-state index < -0.39 is 11.8 Å². The van der Waals surface area contributed by atoms with Gasteiger partial charge in [-0.3, -0.25) is 4.79 Å². The Bertz CT molecular complexity index is 367. The van der Waals surface area contributed by atoms with Gasteiger partial charge in [-0.1, -0.05) is 0 Å². The van der Waals surface area contributed by atoms with Gasteiger partial charge in [0.1, 0.15) is 5.57 Å². The van der Waals surface area contributed by atoms with Crippen molar-refractivity contribution in [2.75, 3.05) is 6.54 Å². The topological polar surface area (TPSA) is 80.4 Å². The molecule has 0 amide bonds. The van der Waals surface area contributed by atoms with Crippen LogP contribution in [-0.4, -0.2) is 23.4 Å². The first kappa shape index (κ1) is 10.6. The Kier molecular flexibility index (Phi) is 3.55. The number of carbonyl (C=O) groups is 2. The second kappa shape index (κ2) is 4.69. The number of carboxylic acids is 1. The summed E-state index contributed by atoms with van der Waals surface area (Å²) in [5.41, 5.74) is 5.52. The molecule has 0 radical (unpaired) electrons. The Morgan fingerprint density at radius 3 is 2.71 bits per heavy atom. The number of ketones is 1. The van der Waals surface area contributed by atoms with Crippen molar-refractivity contribution in [2.24, 2.45) is 5.73 Å². The lowest BCUT2D eigenvalue weighted by Gasteiger charge is -1.97. The average molecular weight is 211 g/mol. The summed E-state index contributed by atoms with van der Waals surface area (Å²) in [6.07, 6.45) is 1.33. The molecule has 1 aromatic rings. The smallest absolute Gasteiger partial charge is 0.339 e. The van der Waals surface area contributed by atoms with Crippen LogP contribution in [-0.2, 0) is 9.59 Å². The van der Waals surface area contributed by atoms with Gasteiger partial charge in [0.15, 0.2) is 5.78 Å². The van der Waals surface area contributed by atoms with Crippen LogP contribution < -0.4 is 5.73 Å². The van der Waals surface area contributed by atoms with E-state index in [0.717, 1.165) is 0 Å². The molecule has 4 nitrogen and oxygen atoms in total. The first-order valence-corrected chi connectivity index (χ1v) is 4.80. The number of hydrogen-bond acceptors (Lipinski definition) is 4. The van der Waals surface area contributed by atoms with E-state index in [1.165, 1.54) is 17.4 Å². The van der Waals surface area contributed by atoms with Gasteiger partial charge in [-0.15, -0.1) is 0 Å². The fourth-order valence-corrected chi connectivity index (χ4v) is 1.51. The number of hydrogen-bond donors (Lipinski definition) is 2. The Hall–Kier alpha value is -1.46. The van der Waals surface area contributed by atoms with Gasteiger partial charge in [-0.05, 0) is 28.5 Å². The van der Waals surface area contributed by atoms with Gasteiger partial charge in [0, 0.05) is 0 Å². The standard InChI is InChI=1S/C9H9NO3S/c10-4-8(11)7(9(12)13)3-6-1-2-14-5-6/h1-3,5H,4,10H2,(H,12,13). The molecule has 0 aliphatic carbocycles. The van der Waals surface area contributed by atoms with E-state index in [1.807, 2.05) is 0 Å². The summed E-state index contributed by atoms with van der Waals surface area (Å²) in [5, 5.41) is 12.3. The van der Waals surface area contributed by atoms with Gasteiger partial charge < -0.3 is 10.8 Å². The van der Waals surface area contributed by atoms with Crippen molar-refractivity contribution in [2.45, 2.75) is 0 Å². The van der Waals surface area contributed by atoms with E-state index in [-0.39, 0.29) is 12.1 Å². The van der Waals surface area contributed by atoms with Crippen LogP contribution in [0.4, 0.5) is 0 Å². The van der Waals surface area contributed by atoms with Crippen LogP contribution in [0, 0.1) is 0 Å². The van der Waals surface area contributed by atoms with E-state index in [1.54, 1.807) is 16.8 Å². The number of thiophene rings is 1. The lowest BCUT2D eigenvalue weighted by molar-refractivity contribution is -0.134. The molecular weight excluding hydrogens is 202 g/mol. The van der Waals surface area contributed by atoms with Crippen LogP contribution in [0.2, 0.25) is 0 Å². The van der Waals surface area contributed by atoms with Crippen LogP contribution in [0.25, 0.3) is 6.08 Å². The summed E-state index contributed by atoms with van der Waals surface area (Å²) in [6.45, 7) is -0.289. The third kappa shape index (κ3) is 2.51. The number of carbonyl (C=O) groups excluding carboxylic acids is 1. The summed E-state index contributed by atoms with van der Waals surface area (Å²) >= 11 is 1.43. The van der Waals surface area contributed by atoms with Crippen molar-refractivity contribution in [1.29, 1.82) is 0 Å². The van der Waals surface area contributed by atoms with Crippen molar-refractivity contribution < 1.29 is 14.7 Å². The second-order valence-electron chi connectivity index (χ2n) is 2.55. The molecule has 0 saturated heterocycles. The molecule has 5 heteroatoms. The number of aliphatic carboxylic acids is 1. The third-order valence-corrected chi connectivity index (χ3v) is 2.27. The van der Waals surface area contributed by atoms with Gasteiger partial charge in [0.05, 0.1) is 6.54 Å². The average Bonchev–Trinajstić information content (AvgIpc) is 2.65. The maximum absolute atomic E-state index is 11.1. The minimum absolute atomic E-state index is 0.272. The summed E-state index contributed by atoms with van der Waals surface area (Å²) in [6, 6.07) is 1.73. The molecule has 1 aromatic heterocycles. The molecule has 1 heterocycles. The second-order valence-corrected chi connectivity index (χ2v) is 3.33. The summed E-state index contributed by atoms with van der Waals surface area (Å²) < 4.78 is 0. The minimum Gasteiger partial charge on any atom is -0.478 e. The highest BCUT2D eigenvalue weighted by Crippen LogP contribution is 2.11. The maximum atomic E-state index is 11.1. The molecule has 74 valence electrons. The quantitative estimate of drug-likeness (QED) is 0.437. The predicted octanol–water partition coefficient (Wildman–Crippen LogP) is 0.744. The number of nitrogens with two attached hydrogens (primary N) is 1. The Labute approximate surface area is 84.7 Å². The largest absolute Gasteiger partial charge is 0.478 e. The van der Waals surface area contributed by atoms with Crippen molar-refractivity contribution in [3.05, 3.63) is 28.0 Å². The Balaban J connectivity index is 2.99. The van der Waals surface area contributed by atoms with E-state index in [9.17, 15) is 9.59 Å². The molecule has 0 fully saturated rings. The van der Waals surface area contributed by atoms with Crippen molar-refractivity contribution in [3.63, 3.8) is 0 Å². The molecule has 3 N–H and O–H groups in total. The zero-order valence-corrected chi connectivity index (χ0v) is 8.08. The van der Waals surface area contributed by atoms with E-state index in [2.05, 4.69) is 0 Å². The maximum Gasteiger partial charge on any atom is 0.339 e. The molecule has 0 bridgehead atoms. The normalized spacial score (nSPS) is 11.4. The van der Waals surface area contributed by atoms with Crippen molar-refractivity contribution >= 4 is 29.2 Å². The van der Waals surface area contributed by atoms with Crippen LogP contribution >= 0.6 is 11.3 Å². The van der Waals surface area contributed by atoms with Crippen molar-refractivity contribution in [3.8, 4) is 0 Å². The highest BCUT2D eigenvalue weighted by molar-refractivity contribution is 7.08. The predicted molar refractivity (Wildman–Crippen MR) is 54.0 cm³/mol. The van der Waals surface area contributed by atoms with Crippen LogP contribution in [0.3, 0.4) is 0 Å². The molecule has 0 aromatic carbocycles. The van der Waals surface area contributed by atoms with Crippen molar-refractivity contribution in [1.82, 2.24) is 0 Å². The molecule has 0 aliphatic rings. The van der Waals surface area contributed by atoms with Crippen LogP contribution in [0.5, 0.6) is 0 Å². The summed E-state index contributed by atoms with van der Waals surface area (Å²) in [5.74, 6) is -1.81. The van der Waals surface area contributed by atoms with Gasteiger partial charge in [0.2, 0.25) is 0 Å². The number of carboxylic acid groups (broad SMARTS) is 1. The zero-order chi connectivity index (χ0) is 10.6. The van der Waals surface area contributed by atoms with Crippen LogP contribution in [0.1, 0.15) is 5.56 Å². The highest BCUT2D eigenvalue weighted by Gasteiger charge is 2.15. The third-order valence-electron chi connectivity index (χ3n) is 1.57. The first-order chi connectivity index (χ1) is 6.65. The highest BCUT2D eigenvalue weighted by atomic mass is 32.1. The van der Waals surface area contributed by atoms with E-state index in [0.29, 0.717) is 5.56 Å². The summed E-state index contributed by atoms with van der Waals surface area (Å²) in [4.78, 5) is 21.8. The fraction of sp³-hybridized carbons (Fsp3) is 0.111. The lowest BCUT2D eigenvalue weighted by Crippen LogP contribution is -2.20. The molecule has 0 saturated carbocycles. The Morgan fingerprint density at radius 2 is 2.29 bits per heavy atom. The van der Waals surface area contributed by atoms with E-state index in [4.69, 9.17) is 10.8 Å². The fourth-order valence-electron chi connectivity index (χ4n) is 0.895. The molecular formula is C9H9NO3S. The van der Waals surface area contributed by atoms with Crippen LogP contribution in [0.15, 0.2) is 22.4 Å². The number of rotatable bonds is 4. The van der Waals surface area contributed by atoms with E-state index >= 15 is 0 Å². The first-order valence-electron chi connectivity index (χ1n) is 3.85. The molecule has 0 atom stereocenters. The molecule has 1 rings (SSSR count). The molecule has 0 unspecified atom stereocenters. The molecule has 0 spiro atoms. The van der Waals surface area contributed by atoms with Gasteiger partial charge in [0.25, 0.3) is 0 Å². The lowest BCUT2D eigenvalue weighted by atomic mass is 10.1. The number of Topliss-reactive ketones (excluding diaryl/α,β-unsaturated/α-hetero) is 1. The summed E-state index contributed by atoms with van der Waals surface area (Å²) in [7, 11) is 0. The molecule has 14 heavy (non-hydrogen) atoms. The van der Waals surface area contributed by atoms with Gasteiger partial charge in [-0.25, -0.2) is 4.79 Å². The SMILES string of the molecule is NCC(=O)C(=Cc1ccsc1)C(=O)O. The minimum atomic E-state index is -1.24.